The van der Waals surface area contributed by atoms with Crippen LogP contribution in [0.3, 0.4) is 0 Å². The van der Waals surface area contributed by atoms with Crippen LogP contribution in [0.15, 0.2) is 0 Å². The molecule has 0 aromatic rings. The minimum atomic E-state index is -4.35. The fourth-order valence-electron chi connectivity index (χ4n) is 2.18. The third kappa shape index (κ3) is 6.33. The number of halogens is 3. The van der Waals surface area contributed by atoms with E-state index in [0.717, 1.165) is 0 Å². The number of ether oxygens (including phenoxy) is 1. The zero-order chi connectivity index (χ0) is 16.0. The van der Waals surface area contributed by atoms with Gasteiger partial charge in [0.15, 0.2) is 0 Å². The van der Waals surface area contributed by atoms with Gasteiger partial charge in [-0.25, -0.2) is 0 Å². The molecule has 1 fully saturated rings. The number of rotatable bonds is 7. The molecule has 0 saturated carbocycles. The Labute approximate surface area is 121 Å². The molecule has 8 heteroatoms. The van der Waals surface area contributed by atoms with Crippen molar-refractivity contribution in [1.29, 1.82) is 0 Å². The second-order valence-electron chi connectivity index (χ2n) is 5.47. The van der Waals surface area contributed by atoms with Gasteiger partial charge in [0.25, 0.3) is 0 Å². The molecule has 1 atom stereocenters. The first-order chi connectivity index (χ1) is 9.70. The summed E-state index contributed by atoms with van der Waals surface area (Å²) in [6.45, 7) is 2.66. The number of alkyl halides is 3. The average Bonchev–Trinajstić information content (AvgIpc) is 2.34. The van der Waals surface area contributed by atoms with Crippen LogP contribution in [0.1, 0.15) is 26.7 Å². The van der Waals surface area contributed by atoms with Crippen molar-refractivity contribution in [2.45, 2.75) is 38.9 Å². The summed E-state index contributed by atoms with van der Waals surface area (Å²) >= 11 is 0. The van der Waals surface area contributed by atoms with Crippen molar-refractivity contribution in [2.24, 2.45) is 5.92 Å². The van der Waals surface area contributed by atoms with Crippen molar-refractivity contribution in [3.8, 4) is 0 Å². The number of nitrogens with zero attached hydrogens (tertiary/aromatic N) is 1. The van der Waals surface area contributed by atoms with Gasteiger partial charge in [-0.15, -0.1) is 0 Å². The van der Waals surface area contributed by atoms with E-state index in [1.54, 1.807) is 0 Å². The molecule has 2 amide bonds. The number of nitrogens with one attached hydrogen (secondary N) is 1. The molecule has 0 radical (unpaired) electrons. The number of amides is 2. The highest BCUT2D eigenvalue weighted by Gasteiger charge is 2.34. The zero-order valence-electron chi connectivity index (χ0n) is 12.2. The van der Waals surface area contributed by atoms with E-state index in [9.17, 15) is 22.8 Å². The lowest BCUT2D eigenvalue weighted by Gasteiger charge is -2.35. The highest BCUT2D eigenvalue weighted by Crippen LogP contribution is 2.17. The summed E-state index contributed by atoms with van der Waals surface area (Å²) < 4.78 is 40.2. The molecule has 1 aliphatic rings. The van der Waals surface area contributed by atoms with Crippen molar-refractivity contribution in [3.63, 3.8) is 0 Å². The molecule has 21 heavy (non-hydrogen) atoms. The Morgan fingerprint density at radius 2 is 2.05 bits per heavy atom. The summed E-state index contributed by atoms with van der Waals surface area (Å²) in [6.07, 6.45) is -3.55. The second kappa shape index (κ2) is 7.63. The van der Waals surface area contributed by atoms with Crippen molar-refractivity contribution in [1.82, 2.24) is 10.2 Å². The van der Waals surface area contributed by atoms with Crippen molar-refractivity contribution in [3.05, 3.63) is 0 Å². The predicted octanol–water partition coefficient (Wildman–Crippen LogP) is 1.33. The molecule has 0 aromatic carbocycles. The van der Waals surface area contributed by atoms with E-state index in [0.29, 0.717) is 6.42 Å². The third-order valence-electron chi connectivity index (χ3n) is 3.06. The highest BCUT2D eigenvalue weighted by molar-refractivity contribution is 5.94. The zero-order valence-corrected chi connectivity index (χ0v) is 12.2. The molecule has 1 N–H and O–H groups in total. The molecule has 0 spiro atoms. The number of carbonyl (C=O) groups is 2. The van der Waals surface area contributed by atoms with Crippen LogP contribution in [0.2, 0.25) is 0 Å². The molecule has 1 saturated heterocycles. The maximum Gasteiger partial charge on any atom is 0.411 e. The summed E-state index contributed by atoms with van der Waals surface area (Å²) in [7, 11) is 0. The maximum absolute atomic E-state index is 11.9. The van der Waals surface area contributed by atoms with E-state index in [-0.39, 0.29) is 43.8 Å². The van der Waals surface area contributed by atoms with Gasteiger partial charge in [-0.05, 0) is 18.8 Å². The largest absolute Gasteiger partial charge is 0.411 e. The predicted molar refractivity (Wildman–Crippen MR) is 69.5 cm³/mol. The Morgan fingerprint density at radius 3 is 2.62 bits per heavy atom. The highest BCUT2D eigenvalue weighted by atomic mass is 19.4. The lowest BCUT2D eigenvalue weighted by Crippen LogP contribution is -2.58. The van der Waals surface area contributed by atoms with E-state index in [1.807, 2.05) is 13.8 Å². The van der Waals surface area contributed by atoms with Gasteiger partial charge in [0.2, 0.25) is 11.8 Å². The van der Waals surface area contributed by atoms with Gasteiger partial charge in [-0.3, -0.25) is 9.59 Å². The second-order valence-corrected chi connectivity index (χ2v) is 5.47. The molecule has 5 nitrogen and oxygen atoms in total. The Kier molecular flexibility index (Phi) is 6.44. The van der Waals surface area contributed by atoms with E-state index in [1.165, 1.54) is 4.90 Å². The van der Waals surface area contributed by atoms with Crippen LogP contribution in [-0.2, 0) is 14.3 Å². The van der Waals surface area contributed by atoms with Gasteiger partial charge >= 0.3 is 6.18 Å². The third-order valence-corrected chi connectivity index (χ3v) is 3.06. The fourth-order valence-corrected chi connectivity index (χ4v) is 2.18. The standard InChI is InChI=1S/C13H21F3N2O3/c1-9(2)6-10-12(20)17-7-11(19)18(10)4-3-5-21-8-13(14,15)16/h9-10H,3-8H2,1-2H3,(H,17,20). The quantitative estimate of drug-likeness (QED) is 0.722. The van der Waals surface area contributed by atoms with Crippen LogP contribution in [0, 0.1) is 5.92 Å². The van der Waals surface area contributed by atoms with Gasteiger partial charge < -0.3 is 15.0 Å². The molecule has 0 aliphatic carbocycles. The molecular weight excluding hydrogens is 289 g/mol. The van der Waals surface area contributed by atoms with Crippen molar-refractivity contribution >= 4 is 11.8 Å². The first-order valence-corrected chi connectivity index (χ1v) is 6.92. The van der Waals surface area contributed by atoms with Gasteiger partial charge in [0.05, 0.1) is 6.54 Å². The molecule has 1 rings (SSSR count). The first kappa shape index (κ1) is 17.7. The molecule has 0 bridgehead atoms. The van der Waals surface area contributed by atoms with Crippen molar-refractivity contribution < 1.29 is 27.5 Å². The SMILES string of the molecule is CC(C)CC1C(=O)NCC(=O)N1CCCOCC(F)(F)F. The van der Waals surface area contributed by atoms with Gasteiger partial charge in [0, 0.05) is 13.2 Å². The summed E-state index contributed by atoms with van der Waals surface area (Å²) in [4.78, 5) is 25.1. The number of hydrogen-bond acceptors (Lipinski definition) is 3. The van der Waals surface area contributed by atoms with Crippen LogP contribution in [0.25, 0.3) is 0 Å². The smallest absolute Gasteiger partial charge is 0.372 e. The lowest BCUT2D eigenvalue weighted by atomic mass is 9.99. The monoisotopic (exact) mass is 310 g/mol. The summed E-state index contributed by atoms with van der Waals surface area (Å²) in [5, 5.41) is 2.53. The molecule has 1 unspecified atom stereocenters. The molecule has 122 valence electrons. The average molecular weight is 310 g/mol. The van der Waals surface area contributed by atoms with Crippen LogP contribution >= 0.6 is 0 Å². The van der Waals surface area contributed by atoms with Crippen LogP contribution in [0.4, 0.5) is 13.2 Å². The molecule has 1 heterocycles. The Hall–Kier alpha value is -1.31. The Bertz CT molecular complexity index is 372. The Balaban J connectivity index is 2.44. The van der Waals surface area contributed by atoms with E-state index < -0.39 is 18.8 Å². The summed E-state index contributed by atoms with van der Waals surface area (Å²) in [6, 6.07) is -0.547. The minimum absolute atomic E-state index is 0.0587. The van der Waals surface area contributed by atoms with Crippen LogP contribution in [0.5, 0.6) is 0 Å². The number of carbonyl (C=O) groups excluding carboxylic acids is 2. The van der Waals surface area contributed by atoms with E-state index >= 15 is 0 Å². The van der Waals surface area contributed by atoms with E-state index in [4.69, 9.17) is 0 Å². The van der Waals surface area contributed by atoms with Crippen LogP contribution in [-0.4, -0.2) is 55.2 Å². The normalized spacial score (nSPS) is 20.1. The fraction of sp³-hybridized carbons (Fsp3) is 0.846. The first-order valence-electron chi connectivity index (χ1n) is 6.92. The molecule has 0 aromatic heterocycles. The maximum atomic E-state index is 11.9. The number of hydrogen-bond donors (Lipinski definition) is 1. The van der Waals surface area contributed by atoms with Crippen molar-refractivity contribution in [2.75, 3.05) is 26.3 Å². The van der Waals surface area contributed by atoms with Gasteiger partial charge in [-0.1, -0.05) is 13.8 Å². The molecule has 1 aliphatic heterocycles. The summed E-state index contributed by atoms with van der Waals surface area (Å²) in [5.41, 5.74) is 0. The lowest BCUT2D eigenvalue weighted by molar-refractivity contribution is -0.174. The number of piperazine rings is 1. The summed E-state index contributed by atoms with van der Waals surface area (Å²) in [5.74, 6) is -0.189. The van der Waals surface area contributed by atoms with Gasteiger partial charge in [-0.2, -0.15) is 13.2 Å². The van der Waals surface area contributed by atoms with Gasteiger partial charge in [0.1, 0.15) is 12.6 Å². The Morgan fingerprint density at radius 1 is 1.38 bits per heavy atom. The van der Waals surface area contributed by atoms with Crippen LogP contribution < -0.4 is 5.32 Å². The van der Waals surface area contributed by atoms with E-state index in [2.05, 4.69) is 10.1 Å². The minimum Gasteiger partial charge on any atom is -0.372 e. The topological polar surface area (TPSA) is 58.6 Å². The molecular formula is C13H21F3N2O3.